The van der Waals surface area contributed by atoms with Crippen LogP contribution in [0.2, 0.25) is 0 Å². The summed E-state index contributed by atoms with van der Waals surface area (Å²) in [6, 6.07) is 0. The molecule has 14 heavy (non-hydrogen) atoms. The quantitative estimate of drug-likeness (QED) is 0.640. The summed E-state index contributed by atoms with van der Waals surface area (Å²) < 4.78 is 12.5. The molecule has 0 N–H and O–H groups in total. The van der Waals surface area contributed by atoms with Crippen LogP contribution in [0.15, 0.2) is 0 Å². The maximum absolute atomic E-state index is 5.29. The normalized spacial score (nSPS) is 27.0. The molecule has 0 saturated carbocycles. The Hall–Kier alpha value is 0.150. The van der Waals surface area contributed by atoms with Crippen molar-refractivity contribution in [2.24, 2.45) is 0 Å². The van der Waals surface area contributed by atoms with Crippen LogP contribution in [0.1, 0.15) is 0 Å². The van der Waals surface area contributed by atoms with Gasteiger partial charge in [0.25, 0.3) is 0 Å². The molecule has 2 saturated heterocycles. The second-order valence-electron chi connectivity index (χ2n) is 3.40. The fourth-order valence-electron chi connectivity index (χ4n) is 1.64. The highest BCUT2D eigenvalue weighted by molar-refractivity contribution is 7.77. The highest BCUT2D eigenvalue weighted by atomic mass is 32.1. The standard InChI is InChI=1S/C8H17N3O2S/c14-11(9-1-5-12-6-2-9)10-3-7-13-8-4-10/h14H,1-8H2. The molecule has 2 aliphatic rings. The first-order valence-electron chi connectivity index (χ1n) is 5.02. The monoisotopic (exact) mass is 219 g/mol. The summed E-state index contributed by atoms with van der Waals surface area (Å²) in [5, 5.41) is 4.38. The zero-order valence-corrected chi connectivity index (χ0v) is 9.16. The van der Waals surface area contributed by atoms with Crippen molar-refractivity contribution in [2.75, 3.05) is 52.6 Å². The summed E-state index contributed by atoms with van der Waals surface area (Å²) in [5.41, 5.74) is 0. The molecule has 6 heteroatoms. The second-order valence-corrected chi connectivity index (χ2v) is 3.76. The molecule has 2 fully saturated rings. The van der Waals surface area contributed by atoms with E-state index in [0.717, 1.165) is 52.6 Å². The van der Waals surface area contributed by atoms with Gasteiger partial charge in [-0.1, -0.05) is 12.8 Å². The molecule has 2 aliphatic heterocycles. The fraction of sp³-hybridized carbons (Fsp3) is 1.00. The molecule has 0 unspecified atom stereocenters. The first-order chi connectivity index (χ1) is 6.88. The van der Waals surface area contributed by atoms with Crippen LogP contribution in [-0.4, -0.2) is 67.1 Å². The minimum atomic E-state index is 0.793. The Balaban J connectivity index is 1.82. The van der Waals surface area contributed by atoms with Gasteiger partial charge in [-0.05, 0) is 0 Å². The predicted molar refractivity (Wildman–Crippen MR) is 55.6 cm³/mol. The molecule has 5 nitrogen and oxygen atoms in total. The van der Waals surface area contributed by atoms with E-state index in [4.69, 9.17) is 9.47 Å². The average molecular weight is 219 g/mol. The SMILES string of the molecule is SN(N1CCOCC1)N1CCOCC1. The molecule has 0 radical (unpaired) electrons. The zero-order chi connectivity index (χ0) is 9.80. The van der Waals surface area contributed by atoms with Crippen molar-refractivity contribution in [3.8, 4) is 0 Å². The van der Waals surface area contributed by atoms with Crippen LogP contribution in [0.3, 0.4) is 0 Å². The van der Waals surface area contributed by atoms with E-state index in [9.17, 15) is 0 Å². The van der Waals surface area contributed by atoms with E-state index in [1.807, 2.05) is 4.52 Å². The van der Waals surface area contributed by atoms with Gasteiger partial charge < -0.3 is 9.47 Å². The summed E-state index contributed by atoms with van der Waals surface area (Å²) in [5.74, 6) is 0. The zero-order valence-electron chi connectivity index (χ0n) is 8.26. The Morgan fingerprint density at radius 3 is 1.50 bits per heavy atom. The smallest absolute Gasteiger partial charge is 0.0609 e. The van der Waals surface area contributed by atoms with E-state index in [2.05, 4.69) is 22.8 Å². The van der Waals surface area contributed by atoms with Crippen LogP contribution < -0.4 is 0 Å². The van der Waals surface area contributed by atoms with Crippen LogP contribution >= 0.6 is 12.8 Å². The first kappa shape index (κ1) is 10.7. The largest absolute Gasteiger partial charge is 0.379 e. The highest BCUT2D eigenvalue weighted by Gasteiger charge is 2.23. The lowest BCUT2D eigenvalue weighted by molar-refractivity contribution is -0.159. The Morgan fingerprint density at radius 2 is 1.14 bits per heavy atom. The van der Waals surface area contributed by atoms with E-state index in [1.165, 1.54) is 0 Å². The third-order valence-electron chi connectivity index (χ3n) is 2.48. The van der Waals surface area contributed by atoms with Crippen molar-refractivity contribution in [3.05, 3.63) is 0 Å². The molecule has 0 aromatic heterocycles. The Kier molecular flexibility index (Phi) is 4.03. The number of rotatable bonds is 2. The van der Waals surface area contributed by atoms with E-state index in [1.54, 1.807) is 0 Å². The molecule has 0 aromatic rings. The van der Waals surface area contributed by atoms with Crippen LogP contribution in [0.4, 0.5) is 0 Å². The Labute approximate surface area is 90.0 Å². The van der Waals surface area contributed by atoms with Crippen molar-refractivity contribution >= 4 is 12.8 Å². The number of morpholine rings is 2. The molecule has 0 bridgehead atoms. The van der Waals surface area contributed by atoms with Gasteiger partial charge in [0.05, 0.1) is 26.4 Å². The molecule has 0 aromatic carbocycles. The van der Waals surface area contributed by atoms with E-state index < -0.39 is 0 Å². The van der Waals surface area contributed by atoms with Gasteiger partial charge in [0.1, 0.15) is 0 Å². The Bertz CT molecular complexity index is 154. The van der Waals surface area contributed by atoms with Crippen LogP contribution in [0, 0.1) is 0 Å². The van der Waals surface area contributed by atoms with Gasteiger partial charge in [0.15, 0.2) is 0 Å². The van der Waals surface area contributed by atoms with Gasteiger partial charge >= 0.3 is 0 Å². The lowest BCUT2D eigenvalue weighted by Gasteiger charge is -2.41. The number of ether oxygens (including phenoxy) is 2. The minimum Gasteiger partial charge on any atom is -0.379 e. The van der Waals surface area contributed by atoms with Gasteiger partial charge in [-0.3, -0.25) is 0 Å². The van der Waals surface area contributed by atoms with Gasteiger partial charge in [-0.25, -0.2) is 10.0 Å². The molecule has 0 atom stereocenters. The molecular weight excluding hydrogens is 202 g/mol. The summed E-state index contributed by atoms with van der Waals surface area (Å²) in [6.07, 6.45) is 0. The first-order valence-corrected chi connectivity index (χ1v) is 5.42. The van der Waals surface area contributed by atoms with E-state index in [-0.39, 0.29) is 0 Å². The third-order valence-corrected chi connectivity index (χ3v) is 2.99. The minimum absolute atomic E-state index is 0.793. The van der Waals surface area contributed by atoms with Crippen molar-refractivity contribution in [1.82, 2.24) is 14.5 Å². The van der Waals surface area contributed by atoms with Crippen molar-refractivity contribution in [2.45, 2.75) is 0 Å². The number of hydrogen-bond acceptors (Lipinski definition) is 6. The van der Waals surface area contributed by atoms with E-state index in [0.29, 0.717) is 0 Å². The summed E-state index contributed by atoms with van der Waals surface area (Å²) >= 11 is 4.49. The lowest BCUT2D eigenvalue weighted by atomic mass is 10.5. The van der Waals surface area contributed by atoms with Crippen LogP contribution in [0.25, 0.3) is 0 Å². The third kappa shape index (κ3) is 2.59. The van der Waals surface area contributed by atoms with Gasteiger partial charge in [0.2, 0.25) is 0 Å². The number of thiol groups is 1. The highest BCUT2D eigenvalue weighted by Crippen LogP contribution is 2.11. The van der Waals surface area contributed by atoms with Gasteiger partial charge in [-0.2, -0.15) is 0 Å². The second kappa shape index (κ2) is 5.29. The topological polar surface area (TPSA) is 28.2 Å². The summed E-state index contributed by atoms with van der Waals surface area (Å²) in [6.45, 7) is 6.84. The van der Waals surface area contributed by atoms with Gasteiger partial charge in [0, 0.05) is 26.2 Å². The lowest BCUT2D eigenvalue weighted by Crippen LogP contribution is -2.54. The maximum Gasteiger partial charge on any atom is 0.0609 e. The molecule has 2 rings (SSSR count). The maximum atomic E-state index is 5.29. The van der Waals surface area contributed by atoms with Crippen molar-refractivity contribution < 1.29 is 9.47 Å². The van der Waals surface area contributed by atoms with Crippen molar-refractivity contribution in [1.29, 1.82) is 0 Å². The van der Waals surface area contributed by atoms with Crippen molar-refractivity contribution in [3.63, 3.8) is 0 Å². The predicted octanol–water partition coefficient (Wildman–Crippen LogP) is -0.372. The van der Waals surface area contributed by atoms with Gasteiger partial charge in [-0.15, -0.1) is 4.52 Å². The Morgan fingerprint density at radius 1 is 0.786 bits per heavy atom. The molecule has 0 aliphatic carbocycles. The molecule has 0 amide bonds. The summed E-state index contributed by atoms with van der Waals surface area (Å²) in [7, 11) is 0. The fourth-order valence-corrected chi connectivity index (χ4v) is 2.00. The molecule has 2 heterocycles. The molecule has 82 valence electrons. The number of nitrogens with zero attached hydrogens (tertiary/aromatic N) is 3. The average Bonchev–Trinajstić information content (AvgIpc) is 2.30. The van der Waals surface area contributed by atoms with E-state index >= 15 is 0 Å². The number of hydrogen-bond donors (Lipinski definition) is 1. The van der Waals surface area contributed by atoms with Crippen LogP contribution in [0.5, 0.6) is 0 Å². The van der Waals surface area contributed by atoms with Crippen LogP contribution in [-0.2, 0) is 9.47 Å². The molecule has 0 spiro atoms. The summed E-state index contributed by atoms with van der Waals surface area (Å²) in [4.78, 5) is 0. The number of hydrazine groups is 2. The molecular formula is C8H17N3O2S.